The third-order valence-corrected chi connectivity index (χ3v) is 4.96. The van der Waals surface area contributed by atoms with Crippen LogP contribution in [0, 0.1) is 11.3 Å². The minimum atomic E-state index is 0.248. The highest BCUT2D eigenvalue weighted by Crippen LogP contribution is 2.48. The maximum absolute atomic E-state index is 6.13. The van der Waals surface area contributed by atoms with Crippen molar-refractivity contribution in [1.82, 2.24) is 0 Å². The van der Waals surface area contributed by atoms with Gasteiger partial charge in [0.05, 0.1) is 5.60 Å². The molecule has 2 unspecified atom stereocenters. The Morgan fingerprint density at radius 2 is 2.00 bits per heavy atom. The van der Waals surface area contributed by atoms with Gasteiger partial charge in [-0.1, -0.05) is 26.7 Å². The second-order valence-corrected chi connectivity index (χ2v) is 7.10. The van der Waals surface area contributed by atoms with E-state index in [1.165, 1.54) is 38.5 Å². The lowest BCUT2D eigenvalue weighted by molar-refractivity contribution is -0.113. The first-order valence-corrected chi connectivity index (χ1v) is 7.33. The Bertz CT molecular complexity index is 254. The molecule has 0 aromatic rings. The fourth-order valence-corrected chi connectivity index (χ4v) is 4.06. The van der Waals surface area contributed by atoms with Gasteiger partial charge in [-0.05, 0) is 50.4 Å². The molecule has 2 rings (SSSR count). The molecule has 1 aliphatic carbocycles. The molecule has 100 valence electrons. The van der Waals surface area contributed by atoms with Gasteiger partial charge in [0, 0.05) is 12.6 Å². The van der Waals surface area contributed by atoms with E-state index in [0.717, 1.165) is 18.9 Å². The third kappa shape index (κ3) is 3.03. The van der Waals surface area contributed by atoms with Crippen LogP contribution in [-0.4, -0.2) is 18.2 Å². The van der Waals surface area contributed by atoms with E-state index in [2.05, 4.69) is 20.8 Å². The maximum Gasteiger partial charge on any atom is 0.0685 e. The van der Waals surface area contributed by atoms with Gasteiger partial charge in [-0.2, -0.15) is 0 Å². The molecule has 2 aliphatic rings. The van der Waals surface area contributed by atoms with E-state index < -0.39 is 0 Å². The Morgan fingerprint density at radius 3 is 2.59 bits per heavy atom. The standard InChI is InChI=1S/C15H29NO/c1-12(16)10-14(2,3)13-6-9-17-15(11-13)7-4-5-8-15/h12-13H,4-11,16H2,1-3H3. The monoisotopic (exact) mass is 239 g/mol. The molecule has 0 amide bonds. The highest BCUT2D eigenvalue weighted by Gasteiger charge is 2.44. The second-order valence-electron chi connectivity index (χ2n) is 7.10. The molecular weight excluding hydrogens is 210 g/mol. The summed E-state index contributed by atoms with van der Waals surface area (Å²) < 4.78 is 6.13. The molecule has 1 saturated carbocycles. The minimum absolute atomic E-state index is 0.248. The van der Waals surface area contributed by atoms with Crippen molar-refractivity contribution in [1.29, 1.82) is 0 Å². The molecule has 2 nitrogen and oxygen atoms in total. The van der Waals surface area contributed by atoms with Crippen molar-refractivity contribution in [2.45, 2.75) is 77.4 Å². The largest absolute Gasteiger partial charge is 0.375 e. The summed E-state index contributed by atoms with van der Waals surface area (Å²) in [5.41, 5.74) is 6.62. The topological polar surface area (TPSA) is 35.2 Å². The summed E-state index contributed by atoms with van der Waals surface area (Å²) in [5, 5.41) is 0. The number of hydrogen-bond donors (Lipinski definition) is 1. The van der Waals surface area contributed by atoms with Crippen molar-refractivity contribution in [3.05, 3.63) is 0 Å². The van der Waals surface area contributed by atoms with Crippen LogP contribution in [0.25, 0.3) is 0 Å². The predicted molar refractivity (Wildman–Crippen MR) is 71.9 cm³/mol. The Hall–Kier alpha value is -0.0800. The summed E-state index contributed by atoms with van der Waals surface area (Å²) in [5.74, 6) is 0.792. The molecule has 1 spiro atoms. The molecule has 17 heavy (non-hydrogen) atoms. The van der Waals surface area contributed by atoms with E-state index in [9.17, 15) is 0 Å². The van der Waals surface area contributed by atoms with Crippen LogP contribution < -0.4 is 5.73 Å². The molecule has 1 heterocycles. The van der Waals surface area contributed by atoms with E-state index in [1.54, 1.807) is 0 Å². The van der Waals surface area contributed by atoms with E-state index >= 15 is 0 Å². The van der Waals surface area contributed by atoms with Gasteiger partial charge in [-0.25, -0.2) is 0 Å². The van der Waals surface area contributed by atoms with Gasteiger partial charge in [-0.15, -0.1) is 0 Å². The molecular formula is C15H29NO. The smallest absolute Gasteiger partial charge is 0.0685 e. The first-order valence-electron chi connectivity index (χ1n) is 7.33. The first kappa shape index (κ1) is 13.4. The summed E-state index contributed by atoms with van der Waals surface area (Å²) in [6.45, 7) is 7.89. The van der Waals surface area contributed by atoms with Crippen molar-refractivity contribution in [2.75, 3.05) is 6.61 Å². The SMILES string of the molecule is CC(N)CC(C)(C)C1CCOC2(CCCC2)C1. The van der Waals surface area contributed by atoms with E-state index in [-0.39, 0.29) is 5.60 Å². The molecule has 2 N–H and O–H groups in total. The Kier molecular flexibility index (Phi) is 3.84. The highest BCUT2D eigenvalue weighted by molar-refractivity contribution is 4.95. The molecule has 0 bridgehead atoms. The van der Waals surface area contributed by atoms with Crippen molar-refractivity contribution >= 4 is 0 Å². The van der Waals surface area contributed by atoms with E-state index in [0.29, 0.717) is 11.5 Å². The van der Waals surface area contributed by atoms with Crippen molar-refractivity contribution in [2.24, 2.45) is 17.1 Å². The molecule has 0 radical (unpaired) electrons. The fourth-order valence-electron chi connectivity index (χ4n) is 4.06. The van der Waals surface area contributed by atoms with Gasteiger partial charge in [0.25, 0.3) is 0 Å². The molecule has 0 aromatic carbocycles. The van der Waals surface area contributed by atoms with Gasteiger partial charge < -0.3 is 10.5 Å². The quantitative estimate of drug-likeness (QED) is 0.818. The van der Waals surface area contributed by atoms with Crippen LogP contribution in [0.5, 0.6) is 0 Å². The molecule has 0 aromatic heterocycles. The number of rotatable bonds is 3. The molecule has 2 heteroatoms. The average molecular weight is 239 g/mol. The summed E-state index contributed by atoms with van der Waals surface area (Å²) in [4.78, 5) is 0. The lowest BCUT2D eigenvalue weighted by Crippen LogP contribution is -2.43. The summed E-state index contributed by atoms with van der Waals surface area (Å²) in [6.07, 6.45) is 8.93. The van der Waals surface area contributed by atoms with Crippen LogP contribution >= 0.6 is 0 Å². The number of ether oxygens (including phenoxy) is 1. The van der Waals surface area contributed by atoms with Gasteiger partial charge >= 0.3 is 0 Å². The highest BCUT2D eigenvalue weighted by atomic mass is 16.5. The third-order valence-electron chi connectivity index (χ3n) is 4.96. The maximum atomic E-state index is 6.13. The summed E-state index contributed by atoms with van der Waals surface area (Å²) in [6, 6.07) is 0.312. The second kappa shape index (κ2) is 4.89. The molecule has 1 aliphatic heterocycles. The summed E-state index contributed by atoms with van der Waals surface area (Å²) >= 11 is 0. The average Bonchev–Trinajstić information content (AvgIpc) is 2.64. The zero-order chi connectivity index (χ0) is 12.5. The van der Waals surface area contributed by atoms with Gasteiger partial charge in [0.2, 0.25) is 0 Å². The predicted octanol–water partition coefficient (Wildman–Crippen LogP) is 3.49. The molecule has 2 fully saturated rings. The van der Waals surface area contributed by atoms with Gasteiger partial charge in [0.1, 0.15) is 0 Å². The Labute approximate surface area is 106 Å². The lowest BCUT2D eigenvalue weighted by atomic mass is 9.67. The van der Waals surface area contributed by atoms with Crippen LogP contribution in [0.4, 0.5) is 0 Å². The van der Waals surface area contributed by atoms with Crippen molar-refractivity contribution in [3.8, 4) is 0 Å². The molecule has 1 saturated heterocycles. The zero-order valence-corrected chi connectivity index (χ0v) is 11.8. The minimum Gasteiger partial charge on any atom is -0.375 e. The Morgan fingerprint density at radius 1 is 1.35 bits per heavy atom. The van der Waals surface area contributed by atoms with Crippen LogP contribution in [0.3, 0.4) is 0 Å². The lowest BCUT2D eigenvalue weighted by Gasteiger charge is -2.45. The van der Waals surface area contributed by atoms with Gasteiger partial charge in [-0.3, -0.25) is 0 Å². The fraction of sp³-hybridized carbons (Fsp3) is 1.00. The first-order chi connectivity index (χ1) is 7.94. The normalized spacial score (nSPS) is 30.7. The Balaban J connectivity index is 2.01. The molecule has 2 atom stereocenters. The van der Waals surface area contributed by atoms with Crippen LogP contribution in [-0.2, 0) is 4.74 Å². The van der Waals surface area contributed by atoms with Crippen molar-refractivity contribution in [3.63, 3.8) is 0 Å². The van der Waals surface area contributed by atoms with Crippen LogP contribution in [0.15, 0.2) is 0 Å². The van der Waals surface area contributed by atoms with Crippen LogP contribution in [0.2, 0.25) is 0 Å². The number of hydrogen-bond acceptors (Lipinski definition) is 2. The van der Waals surface area contributed by atoms with E-state index in [1.807, 2.05) is 0 Å². The van der Waals surface area contributed by atoms with Crippen LogP contribution in [0.1, 0.15) is 65.7 Å². The van der Waals surface area contributed by atoms with Crippen molar-refractivity contribution < 1.29 is 4.74 Å². The zero-order valence-electron chi connectivity index (χ0n) is 11.8. The van der Waals surface area contributed by atoms with Gasteiger partial charge in [0.15, 0.2) is 0 Å². The summed E-state index contributed by atoms with van der Waals surface area (Å²) in [7, 11) is 0. The number of nitrogens with two attached hydrogens (primary N) is 1. The van der Waals surface area contributed by atoms with E-state index in [4.69, 9.17) is 10.5 Å².